The van der Waals surface area contributed by atoms with Gasteiger partial charge in [-0.05, 0) is 18.8 Å². The standard InChI is InChI=1S/C10H15ClN4O2S/c1-8-3-2-4-15(7-8)18(16,17)14-10-6-12-9(11)5-13-10/h5-6,8H,2-4,7H2,1H3,(H,13,14). The Morgan fingerprint density at radius 1 is 1.44 bits per heavy atom. The van der Waals surface area contributed by atoms with Crippen molar-refractivity contribution in [2.75, 3.05) is 17.8 Å². The topological polar surface area (TPSA) is 75.2 Å². The van der Waals surface area contributed by atoms with Crippen molar-refractivity contribution in [2.24, 2.45) is 5.92 Å². The summed E-state index contributed by atoms with van der Waals surface area (Å²) in [4.78, 5) is 7.65. The molecule has 0 amide bonds. The van der Waals surface area contributed by atoms with Gasteiger partial charge in [0.25, 0.3) is 0 Å². The lowest BCUT2D eigenvalue weighted by Gasteiger charge is -2.29. The fourth-order valence-electron chi connectivity index (χ4n) is 1.93. The molecule has 1 aromatic heterocycles. The molecule has 2 rings (SSSR count). The van der Waals surface area contributed by atoms with Crippen molar-refractivity contribution in [2.45, 2.75) is 19.8 Å². The molecule has 0 radical (unpaired) electrons. The molecule has 0 spiro atoms. The highest BCUT2D eigenvalue weighted by molar-refractivity contribution is 7.90. The Bertz CT molecular complexity index is 505. The largest absolute Gasteiger partial charge is 0.302 e. The van der Waals surface area contributed by atoms with Crippen LogP contribution < -0.4 is 4.72 Å². The van der Waals surface area contributed by atoms with Crippen LogP contribution in [-0.4, -0.2) is 35.8 Å². The average Bonchev–Trinajstić information content (AvgIpc) is 2.32. The molecular weight excluding hydrogens is 276 g/mol. The lowest BCUT2D eigenvalue weighted by Crippen LogP contribution is -2.42. The molecule has 1 N–H and O–H groups in total. The van der Waals surface area contributed by atoms with Crippen molar-refractivity contribution in [3.8, 4) is 0 Å². The SMILES string of the molecule is CC1CCCN(S(=O)(=O)Nc2cnc(Cl)cn2)C1. The molecule has 6 nitrogen and oxygen atoms in total. The molecule has 1 unspecified atom stereocenters. The van der Waals surface area contributed by atoms with E-state index in [1.54, 1.807) is 0 Å². The molecule has 18 heavy (non-hydrogen) atoms. The Morgan fingerprint density at radius 3 is 2.83 bits per heavy atom. The Hall–Kier alpha value is -0.920. The van der Waals surface area contributed by atoms with Gasteiger partial charge in [0.1, 0.15) is 5.15 Å². The van der Waals surface area contributed by atoms with Crippen molar-refractivity contribution in [3.63, 3.8) is 0 Å². The first kappa shape index (κ1) is 13.5. The third kappa shape index (κ3) is 3.30. The van der Waals surface area contributed by atoms with Crippen molar-refractivity contribution in [1.82, 2.24) is 14.3 Å². The summed E-state index contributed by atoms with van der Waals surface area (Å²) in [6.45, 7) is 3.13. The Morgan fingerprint density at radius 2 is 2.22 bits per heavy atom. The summed E-state index contributed by atoms with van der Waals surface area (Å²) in [7, 11) is -3.54. The van der Waals surface area contributed by atoms with Crippen LogP contribution in [-0.2, 0) is 10.2 Å². The molecule has 1 atom stereocenters. The van der Waals surface area contributed by atoms with E-state index in [0.717, 1.165) is 12.8 Å². The summed E-state index contributed by atoms with van der Waals surface area (Å²) in [6, 6.07) is 0. The van der Waals surface area contributed by atoms with Crippen molar-refractivity contribution in [3.05, 3.63) is 17.5 Å². The molecule has 1 aliphatic heterocycles. The van der Waals surface area contributed by atoms with Crippen LogP contribution in [0.3, 0.4) is 0 Å². The first-order valence-corrected chi connectivity index (χ1v) is 7.54. The van der Waals surface area contributed by atoms with E-state index in [1.165, 1.54) is 16.7 Å². The van der Waals surface area contributed by atoms with Gasteiger partial charge in [0, 0.05) is 13.1 Å². The molecule has 1 aliphatic rings. The fraction of sp³-hybridized carbons (Fsp3) is 0.600. The number of nitrogens with one attached hydrogen (secondary N) is 1. The van der Waals surface area contributed by atoms with Gasteiger partial charge in [0.2, 0.25) is 0 Å². The summed E-state index contributed by atoms with van der Waals surface area (Å²) in [5.74, 6) is 0.559. The number of rotatable bonds is 3. The van der Waals surface area contributed by atoms with Gasteiger partial charge in [-0.15, -0.1) is 0 Å². The average molecular weight is 291 g/mol. The first-order valence-electron chi connectivity index (χ1n) is 5.73. The summed E-state index contributed by atoms with van der Waals surface area (Å²) < 4.78 is 28.0. The van der Waals surface area contributed by atoms with E-state index >= 15 is 0 Å². The van der Waals surface area contributed by atoms with E-state index in [9.17, 15) is 8.42 Å². The molecule has 1 fully saturated rings. The van der Waals surface area contributed by atoms with Crippen LogP contribution in [0.2, 0.25) is 5.15 Å². The van der Waals surface area contributed by atoms with E-state index < -0.39 is 10.2 Å². The van der Waals surface area contributed by atoms with Crippen LogP contribution in [0.4, 0.5) is 5.82 Å². The number of nitrogens with zero attached hydrogens (tertiary/aromatic N) is 3. The number of halogens is 1. The van der Waals surface area contributed by atoms with Crippen molar-refractivity contribution < 1.29 is 8.42 Å². The molecule has 0 aliphatic carbocycles. The minimum absolute atomic E-state index is 0.178. The van der Waals surface area contributed by atoms with Gasteiger partial charge in [-0.1, -0.05) is 18.5 Å². The molecule has 100 valence electrons. The predicted molar refractivity (Wildman–Crippen MR) is 69.6 cm³/mol. The molecular formula is C10H15ClN4O2S. The normalized spacial score (nSPS) is 21.8. The van der Waals surface area contributed by atoms with Crippen LogP contribution in [0.15, 0.2) is 12.4 Å². The third-order valence-electron chi connectivity index (χ3n) is 2.81. The molecule has 1 aromatic rings. The van der Waals surface area contributed by atoms with Crippen molar-refractivity contribution >= 4 is 27.6 Å². The van der Waals surface area contributed by atoms with Gasteiger partial charge in [-0.3, -0.25) is 4.72 Å². The lowest BCUT2D eigenvalue weighted by molar-refractivity contribution is 0.282. The third-order valence-corrected chi connectivity index (χ3v) is 4.49. The van der Waals surface area contributed by atoms with E-state index in [-0.39, 0.29) is 11.0 Å². The second-order valence-electron chi connectivity index (χ2n) is 4.44. The number of piperidine rings is 1. The smallest absolute Gasteiger partial charge is 0.253 e. The Balaban J connectivity index is 2.09. The number of hydrogen-bond acceptors (Lipinski definition) is 4. The predicted octanol–water partition coefficient (Wildman–Crippen LogP) is 1.52. The summed E-state index contributed by atoms with van der Waals surface area (Å²) in [6.07, 6.45) is 4.55. The molecule has 2 heterocycles. The van der Waals surface area contributed by atoms with E-state index in [1.807, 2.05) is 6.92 Å². The van der Waals surface area contributed by atoms with Gasteiger partial charge in [0.15, 0.2) is 5.82 Å². The summed E-state index contributed by atoms with van der Waals surface area (Å²) >= 11 is 5.59. The second kappa shape index (κ2) is 5.38. The second-order valence-corrected chi connectivity index (χ2v) is 6.49. The highest BCUT2D eigenvalue weighted by Gasteiger charge is 2.27. The highest BCUT2D eigenvalue weighted by Crippen LogP contribution is 2.19. The molecule has 8 heteroatoms. The quantitative estimate of drug-likeness (QED) is 0.916. The van der Waals surface area contributed by atoms with Crippen LogP contribution in [0.1, 0.15) is 19.8 Å². The van der Waals surface area contributed by atoms with Gasteiger partial charge < -0.3 is 0 Å². The highest BCUT2D eigenvalue weighted by atomic mass is 35.5. The molecule has 1 saturated heterocycles. The van der Waals surface area contributed by atoms with Gasteiger partial charge >= 0.3 is 10.2 Å². The number of aromatic nitrogens is 2. The summed E-state index contributed by atoms with van der Waals surface area (Å²) in [5, 5.41) is 0.226. The maximum atomic E-state index is 12.1. The maximum Gasteiger partial charge on any atom is 0.302 e. The first-order chi connectivity index (χ1) is 8.47. The molecule has 0 saturated carbocycles. The monoisotopic (exact) mass is 290 g/mol. The zero-order valence-electron chi connectivity index (χ0n) is 10.0. The van der Waals surface area contributed by atoms with Gasteiger partial charge in [0.05, 0.1) is 12.4 Å². The van der Waals surface area contributed by atoms with Crippen LogP contribution in [0.25, 0.3) is 0 Å². The minimum atomic E-state index is -3.54. The molecule has 0 aromatic carbocycles. The Labute approximate surface area is 112 Å². The van der Waals surface area contributed by atoms with Gasteiger partial charge in [-0.2, -0.15) is 12.7 Å². The Kier molecular flexibility index (Phi) is 4.04. The van der Waals surface area contributed by atoms with Crippen LogP contribution >= 0.6 is 11.6 Å². The van der Waals surface area contributed by atoms with E-state index in [0.29, 0.717) is 19.0 Å². The van der Waals surface area contributed by atoms with Crippen molar-refractivity contribution in [1.29, 1.82) is 0 Å². The zero-order chi connectivity index (χ0) is 13.2. The maximum absolute atomic E-state index is 12.1. The summed E-state index contributed by atoms with van der Waals surface area (Å²) in [5.41, 5.74) is 0. The number of anilines is 1. The number of hydrogen-bond donors (Lipinski definition) is 1. The zero-order valence-corrected chi connectivity index (χ0v) is 11.6. The molecule has 0 bridgehead atoms. The van der Waals surface area contributed by atoms with Gasteiger partial charge in [-0.25, -0.2) is 9.97 Å². The van der Waals surface area contributed by atoms with E-state index in [2.05, 4.69) is 14.7 Å². The minimum Gasteiger partial charge on any atom is -0.253 e. The van der Waals surface area contributed by atoms with Crippen LogP contribution in [0, 0.1) is 5.92 Å². The lowest BCUT2D eigenvalue weighted by atomic mass is 10.0. The van der Waals surface area contributed by atoms with E-state index in [4.69, 9.17) is 11.6 Å². The van der Waals surface area contributed by atoms with Crippen LogP contribution in [0.5, 0.6) is 0 Å². The fourth-order valence-corrected chi connectivity index (χ4v) is 3.34.